The normalized spacial score (nSPS) is 22.3. The third kappa shape index (κ3) is 4.07. The quantitative estimate of drug-likeness (QED) is 0.865. The number of nitrogens with zero attached hydrogens (tertiary/aromatic N) is 5. The number of nitrogen functional groups attached to an aromatic ring is 1. The van der Waals surface area contributed by atoms with Gasteiger partial charge in [0.05, 0.1) is 5.69 Å². The first-order valence-electron chi connectivity index (χ1n) is 7.75. The van der Waals surface area contributed by atoms with Crippen LogP contribution >= 0.6 is 11.3 Å². The molecule has 8 heteroatoms. The molecule has 0 saturated carbocycles. The molecular formula is C15H23FN6S. The van der Waals surface area contributed by atoms with E-state index in [1.165, 1.54) is 11.3 Å². The van der Waals surface area contributed by atoms with Gasteiger partial charge >= 0.3 is 0 Å². The van der Waals surface area contributed by atoms with Crippen LogP contribution in [0.2, 0.25) is 0 Å². The van der Waals surface area contributed by atoms with Crippen LogP contribution < -0.4 is 5.73 Å². The van der Waals surface area contributed by atoms with E-state index < -0.39 is 6.17 Å². The lowest BCUT2D eigenvalue weighted by atomic mass is 10.2. The topological polar surface area (TPSA) is 63.2 Å². The third-order valence-corrected chi connectivity index (χ3v) is 5.10. The number of hydrogen-bond donors (Lipinski definition) is 1. The minimum absolute atomic E-state index is 0.218. The molecule has 1 aliphatic heterocycles. The van der Waals surface area contributed by atoms with E-state index in [2.05, 4.69) is 26.9 Å². The average Bonchev–Trinajstić information content (AvgIpc) is 3.15. The van der Waals surface area contributed by atoms with Crippen LogP contribution in [0.5, 0.6) is 0 Å². The monoisotopic (exact) mass is 338 g/mol. The van der Waals surface area contributed by atoms with Crippen molar-refractivity contribution in [3.8, 4) is 0 Å². The minimum Gasteiger partial charge on any atom is -0.375 e. The predicted molar refractivity (Wildman–Crippen MR) is 89.8 cm³/mol. The maximum atomic E-state index is 13.9. The van der Waals surface area contributed by atoms with Crippen molar-refractivity contribution in [2.45, 2.75) is 31.7 Å². The smallest absolute Gasteiger partial charge is 0.180 e. The summed E-state index contributed by atoms with van der Waals surface area (Å²) in [6.45, 7) is 2.86. The van der Waals surface area contributed by atoms with Crippen molar-refractivity contribution in [3.63, 3.8) is 0 Å². The molecule has 0 aromatic carbocycles. The van der Waals surface area contributed by atoms with Crippen LogP contribution in [0, 0.1) is 0 Å². The number of aryl methyl sites for hydroxylation is 1. The van der Waals surface area contributed by atoms with Gasteiger partial charge in [0.25, 0.3) is 0 Å². The molecule has 2 atom stereocenters. The lowest BCUT2D eigenvalue weighted by Crippen LogP contribution is -2.38. The fraction of sp³-hybridized carbons (Fsp3) is 0.600. The van der Waals surface area contributed by atoms with Gasteiger partial charge in [-0.3, -0.25) is 14.5 Å². The number of anilines is 1. The Bertz CT molecular complexity index is 641. The van der Waals surface area contributed by atoms with Crippen LogP contribution in [0.3, 0.4) is 0 Å². The summed E-state index contributed by atoms with van der Waals surface area (Å²) in [6, 6.07) is 2.21. The lowest BCUT2D eigenvalue weighted by molar-refractivity contribution is 0.178. The molecule has 2 aromatic rings. The van der Waals surface area contributed by atoms with Crippen LogP contribution in [0.1, 0.15) is 17.0 Å². The summed E-state index contributed by atoms with van der Waals surface area (Å²) in [5.74, 6) is 0. The van der Waals surface area contributed by atoms with Crippen LogP contribution in [-0.2, 0) is 20.1 Å². The van der Waals surface area contributed by atoms with Crippen LogP contribution in [-0.4, -0.2) is 56.9 Å². The molecule has 3 rings (SSSR count). The van der Waals surface area contributed by atoms with E-state index in [0.717, 1.165) is 30.2 Å². The zero-order chi connectivity index (χ0) is 16.4. The maximum Gasteiger partial charge on any atom is 0.180 e. The number of likely N-dealkylation sites (N-methyl/N-ethyl adjacent to an activating group) is 1. The van der Waals surface area contributed by atoms with Crippen molar-refractivity contribution in [1.29, 1.82) is 0 Å². The van der Waals surface area contributed by atoms with Gasteiger partial charge in [0.2, 0.25) is 0 Å². The van der Waals surface area contributed by atoms with Gasteiger partial charge in [0.15, 0.2) is 5.13 Å². The van der Waals surface area contributed by atoms with Gasteiger partial charge in [-0.05, 0) is 19.5 Å². The third-order valence-electron chi connectivity index (χ3n) is 4.28. The number of rotatable bonds is 6. The second-order valence-corrected chi connectivity index (χ2v) is 7.37. The molecule has 0 radical (unpaired) electrons. The average molecular weight is 338 g/mol. The molecule has 1 saturated heterocycles. The van der Waals surface area contributed by atoms with Gasteiger partial charge in [0.1, 0.15) is 6.17 Å². The molecule has 126 valence electrons. The number of thiazole rings is 1. The Balaban J connectivity index is 1.59. The fourth-order valence-corrected chi connectivity index (χ4v) is 3.92. The van der Waals surface area contributed by atoms with E-state index in [1.54, 1.807) is 6.20 Å². The number of hydrogen-bond acceptors (Lipinski definition) is 6. The Kier molecular flexibility index (Phi) is 4.93. The van der Waals surface area contributed by atoms with E-state index in [4.69, 9.17) is 5.73 Å². The van der Waals surface area contributed by atoms with E-state index in [0.29, 0.717) is 18.1 Å². The summed E-state index contributed by atoms with van der Waals surface area (Å²) in [6.07, 6.45) is 3.44. The van der Waals surface area contributed by atoms with Crippen molar-refractivity contribution in [2.75, 3.05) is 25.9 Å². The summed E-state index contributed by atoms with van der Waals surface area (Å²) < 4.78 is 15.8. The first-order valence-corrected chi connectivity index (χ1v) is 8.56. The highest BCUT2D eigenvalue weighted by Gasteiger charge is 2.33. The molecule has 1 aliphatic rings. The van der Waals surface area contributed by atoms with Crippen molar-refractivity contribution in [2.24, 2.45) is 7.05 Å². The number of aromatic nitrogens is 3. The van der Waals surface area contributed by atoms with Crippen LogP contribution in [0.4, 0.5) is 9.52 Å². The van der Waals surface area contributed by atoms with E-state index in [-0.39, 0.29) is 6.04 Å². The molecule has 2 aromatic heterocycles. The Hall–Kier alpha value is -1.51. The van der Waals surface area contributed by atoms with Crippen molar-refractivity contribution in [1.82, 2.24) is 24.6 Å². The summed E-state index contributed by atoms with van der Waals surface area (Å²) in [5.41, 5.74) is 6.78. The first-order chi connectivity index (χ1) is 11.0. The molecule has 0 unspecified atom stereocenters. The van der Waals surface area contributed by atoms with Crippen LogP contribution in [0.15, 0.2) is 18.5 Å². The van der Waals surface area contributed by atoms with Crippen molar-refractivity contribution in [3.05, 3.63) is 29.0 Å². The Morgan fingerprint density at radius 2 is 2.35 bits per heavy atom. The first kappa shape index (κ1) is 16.4. The zero-order valence-electron chi connectivity index (χ0n) is 13.5. The predicted octanol–water partition coefficient (Wildman–Crippen LogP) is 1.50. The number of nitrogens with two attached hydrogens (primary N) is 1. The molecule has 0 spiro atoms. The molecule has 2 N–H and O–H groups in total. The molecule has 0 aliphatic carbocycles. The Morgan fingerprint density at radius 3 is 3.00 bits per heavy atom. The zero-order valence-corrected chi connectivity index (χ0v) is 14.3. The van der Waals surface area contributed by atoms with Gasteiger partial charge in [-0.2, -0.15) is 5.10 Å². The molecule has 0 amide bonds. The Morgan fingerprint density at radius 1 is 1.52 bits per heavy atom. The Labute approximate surface area is 139 Å². The largest absolute Gasteiger partial charge is 0.375 e. The summed E-state index contributed by atoms with van der Waals surface area (Å²) in [5, 5.41) is 4.78. The lowest BCUT2D eigenvalue weighted by Gasteiger charge is -2.28. The standard InChI is InChI=1S/C15H23FN6S/c1-20(10-14-6-18-15(17)23-14)8-13-5-11(16)7-22(13)9-12-3-4-19-21(12)2/h3-4,6,11,13H,5,7-10H2,1-2H3,(H2,17,18)/t11-,13-/m0/s1. The van der Waals surface area contributed by atoms with Gasteiger partial charge in [0, 0.05) is 56.5 Å². The van der Waals surface area contributed by atoms with Crippen molar-refractivity contribution >= 4 is 16.5 Å². The minimum atomic E-state index is -0.749. The number of halogens is 1. The highest BCUT2D eigenvalue weighted by molar-refractivity contribution is 7.15. The highest BCUT2D eigenvalue weighted by atomic mass is 32.1. The van der Waals surface area contributed by atoms with E-state index in [1.807, 2.05) is 24.0 Å². The van der Waals surface area contributed by atoms with E-state index in [9.17, 15) is 4.39 Å². The summed E-state index contributed by atoms with van der Waals surface area (Å²) in [7, 11) is 3.98. The van der Waals surface area contributed by atoms with Gasteiger partial charge in [-0.25, -0.2) is 9.37 Å². The number of alkyl halides is 1. The molecule has 3 heterocycles. The van der Waals surface area contributed by atoms with Crippen molar-refractivity contribution < 1.29 is 4.39 Å². The van der Waals surface area contributed by atoms with Gasteiger partial charge < -0.3 is 5.73 Å². The summed E-state index contributed by atoms with van der Waals surface area (Å²) in [4.78, 5) is 9.65. The highest BCUT2D eigenvalue weighted by Crippen LogP contribution is 2.24. The molecule has 23 heavy (non-hydrogen) atoms. The summed E-state index contributed by atoms with van der Waals surface area (Å²) >= 11 is 1.51. The fourth-order valence-electron chi connectivity index (χ4n) is 3.16. The second-order valence-electron chi connectivity index (χ2n) is 6.22. The van der Waals surface area contributed by atoms with Gasteiger partial charge in [-0.1, -0.05) is 0 Å². The number of likely N-dealkylation sites (tertiary alicyclic amines) is 1. The van der Waals surface area contributed by atoms with E-state index >= 15 is 0 Å². The molecule has 6 nitrogen and oxygen atoms in total. The SMILES string of the molecule is CN(Cc1cnc(N)s1)C[C@@H]1C[C@H](F)CN1Cc1ccnn1C. The molecular weight excluding hydrogens is 315 g/mol. The molecule has 0 bridgehead atoms. The van der Waals surface area contributed by atoms with Gasteiger partial charge in [-0.15, -0.1) is 11.3 Å². The molecule has 1 fully saturated rings. The second kappa shape index (κ2) is 6.94. The maximum absolute atomic E-state index is 13.9. The van der Waals surface area contributed by atoms with Crippen LogP contribution in [0.25, 0.3) is 0 Å².